The smallest absolute Gasteiger partial charge is 0.299 e. The molecule has 158 valence electrons. The molecule has 0 amide bonds. The molecule has 0 atom stereocenters. The standard InChI is InChI=1S/C18H18N4O7S/c23-18(12-19-16-8-5-14(21(24)25)11-17(16)22(26)27)13-3-6-15(7-4-13)30(28,29)20-9-1-2-10-20/h3-8,11,19H,1-2,9-10,12H2. The van der Waals surface area contributed by atoms with E-state index in [0.29, 0.717) is 13.1 Å². The Morgan fingerprint density at radius 3 is 2.20 bits per heavy atom. The van der Waals surface area contributed by atoms with E-state index in [-0.39, 0.29) is 22.7 Å². The zero-order chi connectivity index (χ0) is 21.9. The molecule has 0 spiro atoms. The second-order valence-corrected chi connectivity index (χ2v) is 8.57. The van der Waals surface area contributed by atoms with Gasteiger partial charge >= 0.3 is 0 Å². The zero-order valence-corrected chi connectivity index (χ0v) is 16.5. The summed E-state index contributed by atoms with van der Waals surface area (Å²) in [7, 11) is -3.59. The molecule has 0 aromatic heterocycles. The van der Waals surface area contributed by atoms with Crippen molar-refractivity contribution in [1.29, 1.82) is 0 Å². The molecule has 0 aliphatic carbocycles. The van der Waals surface area contributed by atoms with Crippen LogP contribution < -0.4 is 5.32 Å². The first-order valence-electron chi connectivity index (χ1n) is 9.00. The van der Waals surface area contributed by atoms with E-state index in [2.05, 4.69) is 5.32 Å². The molecule has 1 fully saturated rings. The number of rotatable bonds is 8. The van der Waals surface area contributed by atoms with Gasteiger partial charge in [0.25, 0.3) is 11.4 Å². The number of nitrogens with zero attached hydrogens (tertiary/aromatic N) is 3. The summed E-state index contributed by atoms with van der Waals surface area (Å²) in [5.74, 6) is -0.423. The molecule has 2 aromatic carbocycles. The lowest BCUT2D eigenvalue weighted by atomic mass is 10.1. The highest BCUT2D eigenvalue weighted by Crippen LogP contribution is 2.29. The highest BCUT2D eigenvalue weighted by molar-refractivity contribution is 7.89. The van der Waals surface area contributed by atoms with Crippen LogP contribution in [0.2, 0.25) is 0 Å². The molecular formula is C18H18N4O7S. The molecule has 2 aromatic rings. The van der Waals surface area contributed by atoms with E-state index in [1.54, 1.807) is 0 Å². The minimum Gasteiger partial charge on any atom is -0.372 e. The van der Waals surface area contributed by atoms with Gasteiger partial charge in [0.2, 0.25) is 10.0 Å². The first-order chi connectivity index (χ1) is 14.2. The Balaban J connectivity index is 1.71. The molecule has 0 saturated carbocycles. The third-order valence-corrected chi connectivity index (χ3v) is 6.62. The molecule has 0 bridgehead atoms. The lowest BCUT2D eigenvalue weighted by Crippen LogP contribution is -2.27. The van der Waals surface area contributed by atoms with Crippen LogP contribution in [0, 0.1) is 20.2 Å². The van der Waals surface area contributed by atoms with E-state index in [1.807, 2.05) is 0 Å². The number of sulfonamides is 1. The number of nitro groups is 2. The number of ketones is 1. The number of carbonyl (C=O) groups is 1. The molecular weight excluding hydrogens is 416 g/mol. The number of hydrogen-bond acceptors (Lipinski definition) is 8. The van der Waals surface area contributed by atoms with Crippen molar-refractivity contribution in [2.45, 2.75) is 17.7 Å². The molecule has 1 aliphatic rings. The van der Waals surface area contributed by atoms with Crippen LogP contribution in [0.5, 0.6) is 0 Å². The summed E-state index contributed by atoms with van der Waals surface area (Å²) in [5, 5.41) is 24.5. The van der Waals surface area contributed by atoms with Gasteiger partial charge in [-0.15, -0.1) is 0 Å². The average Bonchev–Trinajstić information content (AvgIpc) is 3.27. The summed E-state index contributed by atoms with van der Waals surface area (Å²) in [4.78, 5) is 32.9. The van der Waals surface area contributed by atoms with Gasteiger partial charge in [-0.3, -0.25) is 25.0 Å². The van der Waals surface area contributed by atoms with Crippen molar-refractivity contribution in [3.8, 4) is 0 Å². The van der Waals surface area contributed by atoms with E-state index in [1.165, 1.54) is 28.6 Å². The van der Waals surface area contributed by atoms with Crippen LogP contribution in [0.15, 0.2) is 47.4 Å². The van der Waals surface area contributed by atoms with Crippen molar-refractivity contribution in [2.75, 3.05) is 25.0 Å². The Hall–Kier alpha value is -3.38. The first kappa shape index (κ1) is 21.3. The summed E-state index contributed by atoms with van der Waals surface area (Å²) in [6.45, 7) is 0.638. The molecule has 12 heteroatoms. The first-order valence-corrected chi connectivity index (χ1v) is 10.4. The van der Waals surface area contributed by atoms with Crippen molar-refractivity contribution in [1.82, 2.24) is 4.31 Å². The van der Waals surface area contributed by atoms with Gasteiger partial charge in [-0.1, -0.05) is 0 Å². The summed E-state index contributed by atoms with van der Waals surface area (Å²) in [6, 6.07) is 8.55. The van der Waals surface area contributed by atoms with Crippen molar-refractivity contribution in [3.63, 3.8) is 0 Å². The Labute approximate surface area is 171 Å². The predicted octanol–water partition coefficient (Wildman–Crippen LogP) is 2.58. The summed E-state index contributed by atoms with van der Waals surface area (Å²) < 4.78 is 26.4. The number of benzene rings is 2. The largest absolute Gasteiger partial charge is 0.372 e. The van der Waals surface area contributed by atoms with Gasteiger partial charge < -0.3 is 5.32 Å². The zero-order valence-electron chi connectivity index (χ0n) is 15.7. The monoisotopic (exact) mass is 434 g/mol. The number of nitro benzene ring substituents is 2. The number of anilines is 1. The molecule has 3 rings (SSSR count). The second-order valence-electron chi connectivity index (χ2n) is 6.63. The molecule has 11 nitrogen and oxygen atoms in total. The van der Waals surface area contributed by atoms with Gasteiger partial charge in [-0.2, -0.15) is 4.31 Å². The third-order valence-electron chi connectivity index (χ3n) is 4.71. The quantitative estimate of drug-likeness (QED) is 0.378. The SMILES string of the molecule is O=C(CNc1ccc([N+](=O)[O-])cc1[N+](=O)[O-])c1ccc(S(=O)(=O)N2CCCC2)cc1. The number of Topliss-reactive ketones (excluding diaryl/α,β-unsaturated/α-hetero) is 1. The summed E-state index contributed by atoms with van der Waals surface area (Å²) >= 11 is 0. The second kappa shape index (κ2) is 8.55. The molecule has 1 N–H and O–H groups in total. The van der Waals surface area contributed by atoms with Gasteiger partial charge in [-0.05, 0) is 43.2 Å². The predicted molar refractivity (Wildman–Crippen MR) is 107 cm³/mol. The topological polar surface area (TPSA) is 153 Å². The molecule has 1 saturated heterocycles. The Morgan fingerprint density at radius 2 is 1.63 bits per heavy atom. The van der Waals surface area contributed by atoms with Crippen LogP contribution in [0.3, 0.4) is 0 Å². The average molecular weight is 434 g/mol. The fourth-order valence-electron chi connectivity index (χ4n) is 3.10. The molecule has 1 aliphatic heterocycles. The lowest BCUT2D eigenvalue weighted by molar-refractivity contribution is -0.393. The Bertz CT molecular complexity index is 1090. The third kappa shape index (κ3) is 4.44. The number of hydrogen-bond donors (Lipinski definition) is 1. The van der Waals surface area contributed by atoms with Crippen LogP contribution in [0.4, 0.5) is 17.1 Å². The van der Waals surface area contributed by atoms with Crippen molar-refractivity contribution in [2.24, 2.45) is 0 Å². The molecule has 0 radical (unpaired) electrons. The van der Waals surface area contributed by atoms with E-state index in [4.69, 9.17) is 0 Å². The van der Waals surface area contributed by atoms with E-state index in [0.717, 1.165) is 31.0 Å². The van der Waals surface area contributed by atoms with Gasteiger partial charge in [-0.25, -0.2) is 8.42 Å². The summed E-state index contributed by atoms with van der Waals surface area (Å²) in [5.41, 5.74) is -0.767. The maximum atomic E-state index is 12.5. The van der Waals surface area contributed by atoms with Gasteiger partial charge in [0.15, 0.2) is 5.78 Å². The number of carbonyl (C=O) groups excluding carboxylic acids is 1. The summed E-state index contributed by atoms with van der Waals surface area (Å²) in [6.07, 6.45) is 1.63. The van der Waals surface area contributed by atoms with Crippen LogP contribution in [-0.2, 0) is 10.0 Å². The van der Waals surface area contributed by atoms with Crippen molar-refractivity contribution in [3.05, 3.63) is 68.3 Å². The number of non-ortho nitro benzene ring substituents is 1. The van der Waals surface area contributed by atoms with Crippen molar-refractivity contribution >= 4 is 32.9 Å². The minimum absolute atomic E-state index is 0.0350. The van der Waals surface area contributed by atoms with Crippen LogP contribution in [-0.4, -0.2) is 48.0 Å². The van der Waals surface area contributed by atoms with Gasteiger partial charge in [0.1, 0.15) is 5.69 Å². The fraction of sp³-hybridized carbons (Fsp3) is 0.278. The lowest BCUT2D eigenvalue weighted by Gasteiger charge is -2.15. The van der Waals surface area contributed by atoms with Crippen LogP contribution in [0.25, 0.3) is 0 Å². The molecule has 30 heavy (non-hydrogen) atoms. The highest BCUT2D eigenvalue weighted by atomic mass is 32.2. The highest BCUT2D eigenvalue weighted by Gasteiger charge is 2.27. The van der Waals surface area contributed by atoms with E-state index >= 15 is 0 Å². The maximum Gasteiger partial charge on any atom is 0.299 e. The van der Waals surface area contributed by atoms with Crippen LogP contribution in [0.1, 0.15) is 23.2 Å². The maximum absolute atomic E-state index is 12.5. The Kier molecular flexibility index (Phi) is 6.08. The van der Waals surface area contributed by atoms with Gasteiger partial charge in [0, 0.05) is 24.7 Å². The van der Waals surface area contributed by atoms with Crippen molar-refractivity contribution < 1.29 is 23.1 Å². The Morgan fingerprint density at radius 1 is 1.00 bits per heavy atom. The van der Waals surface area contributed by atoms with Crippen LogP contribution >= 0.6 is 0 Å². The van der Waals surface area contributed by atoms with Gasteiger partial charge in [0.05, 0.1) is 27.4 Å². The molecule has 0 unspecified atom stereocenters. The fourth-order valence-corrected chi connectivity index (χ4v) is 4.62. The number of nitrogens with one attached hydrogen (secondary N) is 1. The minimum atomic E-state index is -3.59. The van der Waals surface area contributed by atoms with E-state index in [9.17, 15) is 33.4 Å². The molecule has 1 heterocycles. The normalized spacial score (nSPS) is 14.4. The van der Waals surface area contributed by atoms with E-state index < -0.39 is 37.0 Å².